The third kappa shape index (κ3) is 2.75. The number of aromatic nitrogens is 2. The maximum absolute atomic E-state index is 13.8. The molecule has 0 saturated carbocycles. The van der Waals surface area contributed by atoms with Crippen molar-refractivity contribution in [2.75, 3.05) is 11.9 Å². The number of ether oxygens (including phenoxy) is 1. The van der Waals surface area contributed by atoms with Crippen LogP contribution in [0.5, 0.6) is 0 Å². The van der Waals surface area contributed by atoms with Gasteiger partial charge in [-0.25, -0.2) is 9.78 Å². The Hall–Kier alpha value is -3.23. The topological polar surface area (TPSA) is 69.3 Å². The van der Waals surface area contributed by atoms with Crippen LogP contribution in [0.15, 0.2) is 58.5 Å². The SMILES string of the molecule is CCOC(=O)C1=C(C(F)(F)F)Nc2nc3ccccc3n2C1c1ccoc1. The number of allylic oxidation sites excluding steroid dienone is 1. The molecule has 4 rings (SSSR count). The first-order valence-corrected chi connectivity index (χ1v) is 8.16. The minimum atomic E-state index is -4.80. The summed E-state index contributed by atoms with van der Waals surface area (Å²) in [7, 11) is 0. The van der Waals surface area contributed by atoms with Gasteiger partial charge in [-0.2, -0.15) is 13.2 Å². The summed E-state index contributed by atoms with van der Waals surface area (Å²) in [5.41, 5.74) is -0.267. The number of nitrogens with one attached hydrogen (secondary N) is 1. The molecule has 3 heterocycles. The van der Waals surface area contributed by atoms with E-state index in [1.165, 1.54) is 25.5 Å². The van der Waals surface area contributed by atoms with Crippen molar-refractivity contribution < 1.29 is 27.1 Å². The lowest BCUT2D eigenvalue weighted by molar-refractivity contribution is -0.140. The summed E-state index contributed by atoms with van der Waals surface area (Å²) in [6, 6.07) is 7.31. The molecule has 1 N–H and O–H groups in total. The number of benzene rings is 1. The van der Waals surface area contributed by atoms with E-state index in [1.54, 1.807) is 28.8 Å². The number of para-hydroxylation sites is 2. The maximum atomic E-state index is 13.8. The standard InChI is InChI=1S/C18H14F3N3O3/c1-2-27-16(25)13-14(10-7-8-26-9-10)24-12-6-4-3-5-11(12)22-17(24)23-15(13)18(19,20)21/h3-9,14H,2H2,1H3,(H,22,23). The molecule has 3 aromatic rings. The first-order valence-electron chi connectivity index (χ1n) is 8.16. The number of rotatable bonds is 3. The molecule has 1 aliphatic heterocycles. The van der Waals surface area contributed by atoms with Gasteiger partial charge in [-0.05, 0) is 25.1 Å². The van der Waals surface area contributed by atoms with Gasteiger partial charge in [0.25, 0.3) is 0 Å². The molecule has 0 spiro atoms. The highest BCUT2D eigenvalue weighted by molar-refractivity contribution is 5.94. The number of imidazole rings is 1. The van der Waals surface area contributed by atoms with Crippen molar-refractivity contribution in [3.8, 4) is 0 Å². The zero-order valence-corrected chi connectivity index (χ0v) is 14.1. The molecule has 1 aliphatic rings. The Balaban J connectivity index is 2.04. The summed E-state index contributed by atoms with van der Waals surface area (Å²) in [6.07, 6.45) is -2.15. The summed E-state index contributed by atoms with van der Waals surface area (Å²) >= 11 is 0. The Morgan fingerprint density at radius 1 is 1.33 bits per heavy atom. The zero-order chi connectivity index (χ0) is 19.2. The number of nitrogens with zero attached hydrogens (tertiary/aromatic N) is 2. The highest BCUT2D eigenvalue weighted by Crippen LogP contribution is 2.43. The largest absolute Gasteiger partial charge is 0.472 e. The maximum Gasteiger partial charge on any atom is 0.431 e. The normalized spacial score (nSPS) is 17.0. The lowest BCUT2D eigenvalue weighted by Gasteiger charge is -2.30. The summed E-state index contributed by atoms with van der Waals surface area (Å²) in [5.74, 6) is -1.06. The molecule has 9 heteroatoms. The molecule has 6 nitrogen and oxygen atoms in total. The number of alkyl halides is 3. The highest BCUT2D eigenvalue weighted by Gasteiger charge is 2.46. The van der Waals surface area contributed by atoms with Gasteiger partial charge >= 0.3 is 12.1 Å². The van der Waals surface area contributed by atoms with Crippen LogP contribution in [-0.2, 0) is 9.53 Å². The smallest absolute Gasteiger partial charge is 0.431 e. The molecule has 0 fully saturated rings. The van der Waals surface area contributed by atoms with E-state index in [1.807, 2.05) is 0 Å². The Morgan fingerprint density at radius 2 is 2.11 bits per heavy atom. The van der Waals surface area contributed by atoms with Gasteiger partial charge in [0.15, 0.2) is 0 Å². The Kier molecular flexibility index (Phi) is 3.94. The quantitative estimate of drug-likeness (QED) is 0.698. The predicted molar refractivity (Wildman–Crippen MR) is 89.9 cm³/mol. The molecule has 0 saturated heterocycles. The van der Waals surface area contributed by atoms with E-state index in [9.17, 15) is 18.0 Å². The van der Waals surface area contributed by atoms with E-state index < -0.39 is 29.5 Å². The number of furan rings is 1. The Bertz CT molecular complexity index is 1040. The number of anilines is 1. The van der Waals surface area contributed by atoms with E-state index >= 15 is 0 Å². The number of carbonyl (C=O) groups excluding carboxylic acids is 1. The summed E-state index contributed by atoms with van der Waals surface area (Å²) in [5, 5.41) is 2.28. The molecular weight excluding hydrogens is 363 g/mol. The van der Waals surface area contributed by atoms with Gasteiger partial charge in [0, 0.05) is 5.56 Å². The van der Waals surface area contributed by atoms with Crippen molar-refractivity contribution in [3.05, 3.63) is 59.7 Å². The molecule has 1 unspecified atom stereocenters. The second kappa shape index (κ2) is 6.19. The van der Waals surface area contributed by atoms with Crippen LogP contribution in [0.2, 0.25) is 0 Å². The van der Waals surface area contributed by atoms with Crippen LogP contribution in [0.1, 0.15) is 18.5 Å². The van der Waals surface area contributed by atoms with Gasteiger partial charge in [0.05, 0.1) is 41.8 Å². The van der Waals surface area contributed by atoms with E-state index in [0.717, 1.165) is 0 Å². The van der Waals surface area contributed by atoms with E-state index in [2.05, 4.69) is 10.3 Å². The Labute approximate surface area is 151 Å². The molecule has 140 valence electrons. The summed E-state index contributed by atoms with van der Waals surface area (Å²) < 4.78 is 52.9. The van der Waals surface area contributed by atoms with E-state index in [4.69, 9.17) is 9.15 Å². The molecular formula is C18H14F3N3O3. The van der Waals surface area contributed by atoms with Crippen LogP contribution in [0.3, 0.4) is 0 Å². The van der Waals surface area contributed by atoms with Gasteiger partial charge in [0.1, 0.15) is 5.70 Å². The van der Waals surface area contributed by atoms with Gasteiger partial charge in [-0.3, -0.25) is 4.57 Å². The van der Waals surface area contributed by atoms with Gasteiger partial charge < -0.3 is 14.5 Å². The second-order valence-corrected chi connectivity index (χ2v) is 5.89. The lowest BCUT2D eigenvalue weighted by Crippen LogP contribution is -2.35. The fraction of sp³-hybridized carbons (Fsp3) is 0.222. The number of hydrogen-bond acceptors (Lipinski definition) is 5. The highest BCUT2D eigenvalue weighted by atomic mass is 19.4. The zero-order valence-electron chi connectivity index (χ0n) is 14.1. The first kappa shape index (κ1) is 17.2. The van der Waals surface area contributed by atoms with Crippen LogP contribution < -0.4 is 5.32 Å². The minimum absolute atomic E-state index is 0.0113. The lowest BCUT2D eigenvalue weighted by atomic mass is 9.96. The fourth-order valence-electron chi connectivity index (χ4n) is 3.23. The van der Waals surface area contributed by atoms with Crippen molar-refractivity contribution in [3.63, 3.8) is 0 Å². The first-order chi connectivity index (χ1) is 12.9. The number of halogens is 3. The monoisotopic (exact) mass is 377 g/mol. The van der Waals surface area contributed by atoms with E-state index in [-0.39, 0.29) is 12.6 Å². The molecule has 1 atom stereocenters. The predicted octanol–water partition coefficient (Wildman–Crippen LogP) is 4.02. The third-order valence-electron chi connectivity index (χ3n) is 4.27. The number of carbonyl (C=O) groups is 1. The van der Waals surface area contributed by atoms with Gasteiger partial charge in [-0.15, -0.1) is 0 Å². The number of esters is 1. The molecule has 0 bridgehead atoms. The van der Waals surface area contributed by atoms with E-state index in [0.29, 0.717) is 16.6 Å². The molecule has 2 aromatic heterocycles. The van der Waals surface area contributed by atoms with Crippen LogP contribution in [-0.4, -0.2) is 28.3 Å². The average Bonchev–Trinajstić information content (AvgIpc) is 3.27. The van der Waals surface area contributed by atoms with Gasteiger partial charge in [-0.1, -0.05) is 12.1 Å². The molecule has 0 radical (unpaired) electrons. The van der Waals surface area contributed by atoms with Crippen LogP contribution in [0, 0.1) is 0 Å². The fourth-order valence-corrected chi connectivity index (χ4v) is 3.23. The van der Waals surface area contributed by atoms with Crippen molar-refractivity contribution in [1.29, 1.82) is 0 Å². The minimum Gasteiger partial charge on any atom is -0.472 e. The van der Waals surface area contributed by atoms with Crippen LogP contribution in [0.25, 0.3) is 11.0 Å². The third-order valence-corrected chi connectivity index (χ3v) is 4.27. The molecule has 0 aliphatic carbocycles. The molecule has 1 aromatic carbocycles. The summed E-state index contributed by atoms with van der Waals surface area (Å²) in [4.78, 5) is 16.8. The van der Waals surface area contributed by atoms with Crippen molar-refractivity contribution in [2.24, 2.45) is 0 Å². The van der Waals surface area contributed by atoms with Gasteiger partial charge in [0.2, 0.25) is 5.95 Å². The van der Waals surface area contributed by atoms with Crippen LogP contribution in [0.4, 0.5) is 19.1 Å². The Morgan fingerprint density at radius 3 is 2.78 bits per heavy atom. The second-order valence-electron chi connectivity index (χ2n) is 5.89. The van der Waals surface area contributed by atoms with Crippen molar-refractivity contribution >= 4 is 23.0 Å². The van der Waals surface area contributed by atoms with Crippen molar-refractivity contribution in [1.82, 2.24) is 9.55 Å². The van der Waals surface area contributed by atoms with Crippen LogP contribution >= 0.6 is 0 Å². The number of hydrogen-bond donors (Lipinski definition) is 1. The molecule has 0 amide bonds. The van der Waals surface area contributed by atoms with Crippen molar-refractivity contribution in [2.45, 2.75) is 19.1 Å². The number of fused-ring (bicyclic) bond motifs is 3. The molecule has 27 heavy (non-hydrogen) atoms. The average molecular weight is 377 g/mol. The summed E-state index contributed by atoms with van der Waals surface area (Å²) in [6.45, 7) is 1.48.